The summed E-state index contributed by atoms with van der Waals surface area (Å²) in [6.45, 7) is 12.0. The van der Waals surface area contributed by atoms with Crippen molar-refractivity contribution < 1.29 is 0 Å². The Morgan fingerprint density at radius 1 is 1.59 bits per heavy atom. The molecular formula is C15H24N2. The van der Waals surface area contributed by atoms with Gasteiger partial charge in [0.2, 0.25) is 0 Å². The highest BCUT2D eigenvalue weighted by molar-refractivity contribution is 5.71. The summed E-state index contributed by atoms with van der Waals surface area (Å²) in [4.78, 5) is 4.17. The second-order valence-corrected chi connectivity index (χ2v) is 4.97. The number of hydrogen-bond acceptors (Lipinski definition) is 2. The van der Waals surface area contributed by atoms with E-state index in [0.717, 1.165) is 18.2 Å². The van der Waals surface area contributed by atoms with Gasteiger partial charge in [0.05, 0.1) is 0 Å². The third-order valence-electron chi connectivity index (χ3n) is 3.11. The van der Waals surface area contributed by atoms with E-state index < -0.39 is 0 Å². The largest absolute Gasteiger partial charge is 0.368 e. The predicted molar refractivity (Wildman–Crippen MR) is 76.1 cm³/mol. The van der Waals surface area contributed by atoms with Gasteiger partial charge in [0.1, 0.15) is 5.82 Å². The van der Waals surface area contributed by atoms with Crippen molar-refractivity contribution in [1.82, 2.24) is 5.32 Å². The van der Waals surface area contributed by atoms with Crippen LogP contribution < -0.4 is 5.32 Å². The van der Waals surface area contributed by atoms with Crippen LogP contribution in [-0.4, -0.2) is 12.3 Å². The molecule has 0 heterocycles. The fraction of sp³-hybridized carbons (Fsp3) is 0.533. The van der Waals surface area contributed by atoms with Crippen LogP contribution in [0.25, 0.3) is 0 Å². The molecule has 1 N–H and O–H groups in total. The highest BCUT2D eigenvalue weighted by Gasteiger charge is 2.15. The number of nitrogens with zero attached hydrogens (tertiary/aromatic N) is 1. The first kappa shape index (κ1) is 13.8. The van der Waals surface area contributed by atoms with E-state index >= 15 is 0 Å². The quantitative estimate of drug-likeness (QED) is 0.578. The Morgan fingerprint density at radius 2 is 2.35 bits per heavy atom. The summed E-state index contributed by atoms with van der Waals surface area (Å²) in [6.07, 6.45) is 10.5. The van der Waals surface area contributed by atoms with Crippen LogP contribution in [0.2, 0.25) is 0 Å². The molecule has 0 aromatic rings. The van der Waals surface area contributed by atoms with Gasteiger partial charge in [0, 0.05) is 12.3 Å². The molecule has 0 fully saturated rings. The Kier molecular flexibility index (Phi) is 5.75. The van der Waals surface area contributed by atoms with E-state index in [4.69, 9.17) is 0 Å². The van der Waals surface area contributed by atoms with Crippen molar-refractivity contribution in [3.05, 3.63) is 36.7 Å². The van der Waals surface area contributed by atoms with Gasteiger partial charge in [0.25, 0.3) is 0 Å². The molecule has 0 aromatic carbocycles. The Morgan fingerprint density at radius 3 is 3.06 bits per heavy atom. The molecule has 1 rings (SSSR count). The zero-order valence-electron chi connectivity index (χ0n) is 11.1. The Hall–Kier alpha value is -1.31. The molecule has 0 saturated heterocycles. The lowest BCUT2D eigenvalue weighted by Crippen LogP contribution is -2.30. The number of nitrogens with one attached hydrogen (secondary N) is 1. The summed E-state index contributed by atoms with van der Waals surface area (Å²) in [6, 6.07) is 0.455. The van der Waals surface area contributed by atoms with Gasteiger partial charge in [-0.25, -0.2) is 4.99 Å². The van der Waals surface area contributed by atoms with Crippen molar-refractivity contribution in [3.8, 4) is 0 Å². The van der Waals surface area contributed by atoms with Crippen LogP contribution >= 0.6 is 0 Å². The maximum atomic E-state index is 4.17. The molecule has 1 aliphatic rings. The second-order valence-electron chi connectivity index (χ2n) is 4.97. The average molecular weight is 232 g/mol. The fourth-order valence-corrected chi connectivity index (χ4v) is 2.30. The van der Waals surface area contributed by atoms with Crippen molar-refractivity contribution in [1.29, 1.82) is 0 Å². The molecule has 2 atom stereocenters. The summed E-state index contributed by atoms with van der Waals surface area (Å²) in [5.74, 6) is 1.49. The van der Waals surface area contributed by atoms with E-state index in [0.29, 0.717) is 6.04 Å². The molecule has 0 saturated carbocycles. The predicted octanol–water partition coefficient (Wildman–Crippen LogP) is 3.83. The van der Waals surface area contributed by atoms with Crippen LogP contribution in [0, 0.1) is 5.92 Å². The molecular weight excluding hydrogens is 208 g/mol. The molecule has 0 aromatic heterocycles. The van der Waals surface area contributed by atoms with Gasteiger partial charge in [0.15, 0.2) is 0 Å². The van der Waals surface area contributed by atoms with Crippen molar-refractivity contribution in [2.24, 2.45) is 10.9 Å². The zero-order chi connectivity index (χ0) is 12.7. The van der Waals surface area contributed by atoms with Gasteiger partial charge >= 0.3 is 0 Å². The maximum absolute atomic E-state index is 4.17. The summed E-state index contributed by atoms with van der Waals surface area (Å²) in [5.41, 5.74) is 1.47. The second kappa shape index (κ2) is 7.10. The maximum Gasteiger partial charge on any atom is 0.118 e. The molecule has 2 nitrogen and oxygen atoms in total. The SMILES string of the molecule is C=CC=NC(=C)N[C@@H]1C/C(C)=C/CC[C@H](C)C1. The van der Waals surface area contributed by atoms with Crippen molar-refractivity contribution >= 4 is 6.21 Å². The molecule has 0 bridgehead atoms. The first-order valence-electron chi connectivity index (χ1n) is 6.38. The smallest absolute Gasteiger partial charge is 0.118 e. The monoisotopic (exact) mass is 232 g/mol. The molecule has 17 heavy (non-hydrogen) atoms. The first-order valence-corrected chi connectivity index (χ1v) is 6.38. The van der Waals surface area contributed by atoms with E-state index in [1.807, 2.05) is 0 Å². The summed E-state index contributed by atoms with van der Waals surface area (Å²) in [5, 5.41) is 3.40. The van der Waals surface area contributed by atoms with Crippen LogP contribution in [0.4, 0.5) is 0 Å². The van der Waals surface area contributed by atoms with Crippen LogP contribution in [0.3, 0.4) is 0 Å². The molecule has 0 unspecified atom stereocenters. The van der Waals surface area contributed by atoms with Crippen molar-refractivity contribution in [3.63, 3.8) is 0 Å². The zero-order valence-corrected chi connectivity index (χ0v) is 11.1. The highest BCUT2D eigenvalue weighted by Crippen LogP contribution is 2.22. The molecule has 2 heteroatoms. The van der Waals surface area contributed by atoms with Gasteiger partial charge in [-0.3, -0.25) is 0 Å². The molecule has 1 aliphatic carbocycles. The minimum absolute atomic E-state index is 0.455. The lowest BCUT2D eigenvalue weighted by atomic mass is 9.90. The lowest BCUT2D eigenvalue weighted by molar-refractivity contribution is 0.394. The summed E-state index contributed by atoms with van der Waals surface area (Å²) in [7, 11) is 0. The van der Waals surface area contributed by atoms with Gasteiger partial charge in [-0.15, -0.1) is 0 Å². The number of rotatable bonds is 4. The molecule has 0 radical (unpaired) electrons. The van der Waals surface area contributed by atoms with E-state index in [1.54, 1.807) is 12.3 Å². The highest BCUT2D eigenvalue weighted by atomic mass is 15.0. The third kappa shape index (κ3) is 5.53. The third-order valence-corrected chi connectivity index (χ3v) is 3.11. The normalized spacial score (nSPS) is 28.9. The van der Waals surface area contributed by atoms with E-state index in [-0.39, 0.29) is 0 Å². The summed E-state index contributed by atoms with van der Waals surface area (Å²) < 4.78 is 0. The minimum atomic E-state index is 0.455. The topological polar surface area (TPSA) is 24.4 Å². The van der Waals surface area contributed by atoms with E-state index in [1.165, 1.54) is 24.8 Å². The molecule has 0 amide bonds. The molecule has 94 valence electrons. The van der Waals surface area contributed by atoms with Gasteiger partial charge in [-0.05, 0) is 38.5 Å². The van der Waals surface area contributed by atoms with E-state index in [9.17, 15) is 0 Å². The Balaban J connectivity index is 2.57. The number of aliphatic imine (C=N–C) groups is 1. The van der Waals surface area contributed by atoms with E-state index in [2.05, 4.69) is 43.4 Å². The Labute approximate surface area is 105 Å². The van der Waals surface area contributed by atoms with Crippen LogP contribution in [0.1, 0.15) is 39.5 Å². The minimum Gasteiger partial charge on any atom is -0.368 e. The average Bonchev–Trinajstić information content (AvgIpc) is 2.24. The standard InChI is InChI=1S/C15H24N2/c1-5-9-16-14(4)17-15-10-12(2)7-6-8-13(3)11-15/h5,7,9,13,15,17H,1,4,6,8,10-11H2,2-3H3/b12-7+,16-9?/t13-,15+/m0/s1. The van der Waals surface area contributed by atoms with Gasteiger partial charge in [-0.1, -0.05) is 37.8 Å². The number of hydrogen-bond donors (Lipinski definition) is 1. The molecule has 0 spiro atoms. The summed E-state index contributed by atoms with van der Waals surface area (Å²) >= 11 is 0. The van der Waals surface area contributed by atoms with Gasteiger partial charge < -0.3 is 5.32 Å². The lowest BCUT2D eigenvalue weighted by Gasteiger charge is -2.25. The van der Waals surface area contributed by atoms with Gasteiger partial charge in [-0.2, -0.15) is 0 Å². The molecule has 0 aliphatic heterocycles. The fourth-order valence-electron chi connectivity index (χ4n) is 2.30. The Bertz CT molecular complexity index is 326. The van der Waals surface area contributed by atoms with Crippen LogP contribution in [-0.2, 0) is 0 Å². The first-order chi connectivity index (χ1) is 8.11. The number of allylic oxidation sites excluding steroid dienone is 2. The van der Waals surface area contributed by atoms with Crippen LogP contribution in [0.15, 0.2) is 41.7 Å². The van der Waals surface area contributed by atoms with Crippen molar-refractivity contribution in [2.45, 2.75) is 45.6 Å². The van der Waals surface area contributed by atoms with Crippen molar-refractivity contribution in [2.75, 3.05) is 0 Å². The van der Waals surface area contributed by atoms with Crippen LogP contribution in [0.5, 0.6) is 0 Å².